The van der Waals surface area contributed by atoms with Crippen molar-refractivity contribution in [1.29, 1.82) is 0 Å². The van der Waals surface area contributed by atoms with Crippen molar-refractivity contribution in [2.24, 2.45) is 0 Å². The van der Waals surface area contributed by atoms with Crippen LogP contribution in [-0.4, -0.2) is 43.4 Å². The van der Waals surface area contributed by atoms with E-state index < -0.39 is 15.8 Å². The number of halogens is 1. The summed E-state index contributed by atoms with van der Waals surface area (Å²) in [5.74, 6) is -0.635. The molecule has 0 aliphatic carbocycles. The molecule has 0 aromatic carbocycles. The minimum Gasteiger partial charge on any atom is -0.313 e. The summed E-state index contributed by atoms with van der Waals surface area (Å²) in [4.78, 5) is 3.54. The van der Waals surface area contributed by atoms with Crippen molar-refractivity contribution in [2.45, 2.75) is 37.1 Å². The fraction of sp³-hybridized carbons (Fsp3) is 0.615. The maximum Gasteiger partial charge on any atom is 0.244 e. The number of rotatable bonds is 5. The molecule has 1 atom stereocenters. The van der Waals surface area contributed by atoms with Gasteiger partial charge in [-0.1, -0.05) is 6.92 Å². The fourth-order valence-electron chi connectivity index (χ4n) is 2.36. The summed E-state index contributed by atoms with van der Waals surface area (Å²) in [5, 5.41) is 3.34. The molecule has 0 bridgehead atoms. The van der Waals surface area contributed by atoms with Crippen LogP contribution in [0.1, 0.15) is 26.2 Å². The van der Waals surface area contributed by atoms with Crippen molar-refractivity contribution < 1.29 is 12.8 Å². The van der Waals surface area contributed by atoms with Gasteiger partial charge >= 0.3 is 0 Å². The van der Waals surface area contributed by atoms with Crippen LogP contribution >= 0.6 is 0 Å². The van der Waals surface area contributed by atoms with Crippen molar-refractivity contribution >= 4 is 10.0 Å². The van der Waals surface area contributed by atoms with E-state index >= 15 is 0 Å². The van der Waals surface area contributed by atoms with Gasteiger partial charge in [0.15, 0.2) is 0 Å². The van der Waals surface area contributed by atoms with Crippen LogP contribution in [0.5, 0.6) is 0 Å². The minimum atomic E-state index is -3.65. The van der Waals surface area contributed by atoms with Gasteiger partial charge in [0.25, 0.3) is 0 Å². The van der Waals surface area contributed by atoms with Crippen molar-refractivity contribution in [1.82, 2.24) is 14.6 Å². The number of pyridine rings is 1. The number of nitrogens with one attached hydrogen (secondary N) is 1. The first-order valence-corrected chi connectivity index (χ1v) is 8.32. The summed E-state index contributed by atoms with van der Waals surface area (Å²) in [6, 6.07) is 1.19. The molecule has 1 aromatic rings. The lowest BCUT2D eigenvalue weighted by Crippen LogP contribution is -2.48. The first-order chi connectivity index (χ1) is 9.54. The Hall–Kier alpha value is -1.05. The molecule has 1 N–H and O–H groups in total. The zero-order valence-electron chi connectivity index (χ0n) is 11.5. The summed E-state index contributed by atoms with van der Waals surface area (Å²) in [6.07, 6.45) is 4.98. The molecule has 20 heavy (non-hydrogen) atoms. The molecule has 1 aliphatic heterocycles. The summed E-state index contributed by atoms with van der Waals surface area (Å²) in [5.41, 5.74) is 0. The average Bonchev–Trinajstić information content (AvgIpc) is 2.45. The summed E-state index contributed by atoms with van der Waals surface area (Å²) < 4.78 is 39.5. The molecule has 1 unspecified atom stereocenters. The second kappa shape index (κ2) is 6.60. The van der Waals surface area contributed by atoms with Crippen molar-refractivity contribution in [2.75, 3.05) is 19.6 Å². The van der Waals surface area contributed by atoms with Crippen molar-refractivity contribution in [3.63, 3.8) is 0 Å². The lowest BCUT2D eigenvalue weighted by atomic mass is 10.1. The largest absolute Gasteiger partial charge is 0.313 e. The molecule has 0 spiro atoms. The first-order valence-electron chi connectivity index (χ1n) is 6.88. The lowest BCUT2D eigenvalue weighted by Gasteiger charge is -2.32. The van der Waals surface area contributed by atoms with Gasteiger partial charge in [-0.2, -0.15) is 4.31 Å². The third-order valence-corrected chi connectivity index (χ3v) is 5.22. The standard InChI is InChI=1S/C13H20FN3O2S/c1-2-5-16-12-4-3-6-17(10-12)20(18,19)13-7-11(14)8-15-9-13/h7-9,12,16H,2-6,10H2,1H3. The molecule has 0 saturated carbocycles. The summed E-state index contributed by atoms with van der Waals surface area (Å²) in [6.45, 7) is 3.85. The average molecular weight is 301 g/mol. The minimum absolute atomic E-state index is 0.0753. The topological polar surface area (TPSA) is 62.3 Å². The number of piperidine rings is 1. The normalized spacial score (nSPS) is 21.0. The van der Waals surface area contributed by atoms with Crippen LogP contribution in [0.3, 0.4) is 0 Å². The highest BCUT2D eigenvalue weighted by atomic mass is 32.2. The highest BCUT2D eigenvalue weighted by Crippen LogP contribution is 2.20. The molecule has 2 rings (SSSR count). The molecule has 0 radical (unpaired) electrons. The van der Waals surface area contributed by atoms with Crippen LogP contribution in [0.15, 0.2) is 23.4 Å². The van der Waals surface area contributed by atoms with Gasteiger partial charge in [-0.25, -0.2) is 12.8 Å². The van der Waals surface area contributed by atoms with Crippen molar-refractivity contribution in [3.8, 4) is 0 Å². The Bertz CT molecular complexity index is 550. The monoisotopic (exact) mass is 301 g/mol. The predicted molar refractivity (Wildman–Crippen MR) is 74.3 cm³/mol. The number of hydrogen-bond donors (Lipinski definition) is 1. The Balaban J connectivity index is 2.13. The van der Waals surface area contributed by atoms with Gasteiger partial charge in [0.1, 0.15) is 10.7 Å². The Morgan fingerprint density at radius 3 is 3.00 bits per heavy atom. The third-order valence-electron chi connectivity index (χ3n) is 3.38. The molecule has 1 aliphatic rings. The molecule has 1 aromatic heterocycles. The number of hydrogen-bond acceptors (Lipinski definition) is 4. The second-order valence-electron chi connectivity index (χ2n) is 5.00. The van der Waals surface area contributed by atoms with E-state index in [1.807, 2.05) is 0 Å². The van der Waals surface area contributed by atoms with Crippen LogP contribution in [0.25, 0.3) is 0 Å². The highest BCUT2D eigenvalue weighted by Gasteiger charge is 2.30. The Labute approximate surface area is 119 Å². The van der Waals surface area contributed by atoms with E-state index in [1.54, 1.807) is 0 Å². The van der Waals surface area contributed by atoms with Gasteiger partial charge in [-0.3, -0.25) is 4.98 Å². The van der Waals surface area contributed by atoms with E-state index in [4.69, 9.17) is 0 Å². The zero-order valence-corrected chi connectivity index (χ0v) is 12.4. The van der Waals surface area contributed by atoms with E-state index in [0.29, 0.717) is 13.1 Å². The van der Waals surface area contributed by atoms with Gasteiger partial charge in [-0.15, -0.1) is 0 Å². The van der Waals surface area contributed by atoms with Crippen molar-refractivity contribution in [3.05, 3.63) is 24.3 Å². The van der Waals surface area contributed by atoms with E-state index in [-0.39, 0.29) is 10.9 Å². The predicted octanol–water partition coefficient (Wildman–Crippen LogP) is 1.37. The molecule has 112 valence electrons. The van der Waals surface area contributed by atoms with Gasteiger partial charge in [0, 0.05) is 25.3 Å². The summed E-state index contributed by atoms with van der Waals surface area (Å²) >= 11 is 0. The number of nitrogens with zero attached hydrogens (tertiary/aromatic N) is 2. The zero-order chi connectivity index (χ0) is 14.6. The Kier molecular flexibility index (Phi) is 5.06. The van der Waals surface area contributed by atoms with Crippen LogP contribution in [0, 0.1) is 5.82 Å². The highest BCUT2D eigenvalue weighted by molar-refractivity contribution is 7.89. The Morgan fingerprint density at radius 1 is 1.50 bits per heavy atom. The van der Waals surface area contributed by atoms with E-state index in [0.717, 1.165) is 38.1 Å². The van der Waals surface area contributed by atoms with Crippen LogP contribution < -0.4 is 5.32 Å². The number of aromatic nitrogens is 1. The van der Waals surface area contributed by atoms with Gasteiger partial charge < -0.3 is 5.32 Å². The maximum absolute atomic E-state index is 13.2. The van der Waals surface area contributed by atoms with Gasteiger partial charge in [-0.05, 0) is 31.9 Å². The van der Waals surface area contributed by atoms with E-state index in [9.17, 15) is 12.8 Å². The molecular weight excluding hydrogens is 281 g/mol. The maximum atomic E-state index is 13.2. The van der Waals surface area contributed by atoms with E-state index in [2.05, 4.69) is 17.2 Å². The van der Waals surface area contributed by atoms with E-state index in [1.165, 1.54) is 10.5 Å². The first kappa shape index (κ1) is 15.3. The fourth-order valence-corrected chi connectivity index (χ4v) is 3.86. The Morgan fingerprint density at radius 2 is 2.30 bits per heavy atom. The molecule has 2 heterocycles. The molecule has 5 nitrogen and oxygen atoms in total. The van der Waals surface area contributed by atoms with Gasteiger partial charge in [0.05, 0.1) is 6.20 Å². The van der Waals surface area contributed by atoms with Gasteiger partial charge in [0.2, 0.25) is 10.0 Å². The van der Waals surface area contributed by atoms with Crippen LogP contribution in [0.2, 0.25) is 0 Å². The lowest BCUT2D eigenvalue weighted by molar-refractivity contribution is 0.284. The summed E-state index contributed by atoms with van der Waals surface area (Å²) in [7, 11) is -3.65. The SMILES string of the molecule is CCCNC1CCCN(S(=O)(=O)c2cncc(F)c2)C1. The molecule has 0 amide bonds. The van der Waals surface area contributed by atoms with Crippen LogP contribution in [-0.2, 0) is 10.0 Å². The van der Waals surface area contributed by atoms with Crippen LogP contribution in [0.4, 0.5) is 4.39 Å². The molecular formula is C13H20FN3O2S. The number of sulfonamides is 1. The third kappa shape index (κ3) is 3.53. The molecule has 1 fully saturated rings. The smallest absolute Gasteiger partial charge is 0.244 e. The quantitative estimate of drug-likeness (QED) is 0.892. The second-order valence-corrected chi connectivity index (χ2v) is 6.93. The molecule has 7 heteroatoms. The molecule has 1 saturated heterocycles.